The largest absolute Gasteiger partial charge is 0.508 e. The van der Waals surface area contributed by atoms with Crippen LogP contribution >= 0.6 is 11.6 Å². The Kier molecular flexibility index (Phi) is 4.70. The van der Waals surface area contributed by atoms with E-state index >= 15 is 0 Å². The Bertz CT molecular complexity index is 1110. The number of carbonyl (C=O) groups excluding carboxylic acids is 1. The van der Waals surface area contributed by atoms with Gasteiger partial charge in [0.25, 0.3) is 0 Å². The molecule has 0 bridgehead atoms. The summed E-state index contributed by atoms with van der Waals surface area (Å²) >= 11 is 5.95. The van der Waals surface area contributed by atoms with Crippen LogP contribution in [0.2, 0.25) is 5.02 Å². The number of phenols is 1. The number of esters is 1. The molecule has 1 heterocycles. The Hall–Kier alpha value is -2.86. The van der Waals surface area contributed by atoms with Crippen molar-refractivity contribution in [2.75, 3.05) is 0 Å². The Balaban J connectivity index is 2.37. The summed E-state index contributed by atoms with van der Waals surface area (Å²) in [5.74, 6) is -2.39. The van der Waals surface area contributed by atoms with Crippen LogP contribution in [0.25, 0.3) is 22.3 Å². The first-order valence-electron chi connectivity index (χ1n) is 8.05. The average Bonchev–Trinajstić information content (AvgIpc) is 2.52. The van der Waals surface area contributed by atoms with Crippen LogP contribution in [0.4, 0.5) is 4.39 Å². The van der Waals surface area contributed by atoms with E-state index in [1.165, 1.54) is 30.3 Å². The lowest BCUT2D eigenvalue weighted by molar-refractivity contribution is 0.00675. The minimum Gasteiger partial charge on any atom is -0.508 e. The van der Waals surface area contributed by atoms with Gasteiger partial charge in [0.15, 0.2) is 11.3 Å². The van der Waals surface area contributed by atoms with Gasteiger partial charge in [-0.15, -0.1) is 0 Å². The topological polar surface area (TPSA) is 76.7 Å². The molecule has 0 unspecified atom stereocenters. The summed E-state index contributed by atoms with van der Waals surface area (Å²) in [7, 11) is 0. The zero-order chi connectivity index (χ0) is 19.9. The second-order valence-electron chi connectivity index (χ2n) is 6.94. The summed E-state index contributed by atoms with van der Waals surface area (Å²) in [4.78, 5) is 25.6. The quantitative estimate of drug-likeness (QED) is 0.629. The number of rotatable bonds is 2. The third-order valence-corrected chi connectivity index (χ3v) is 3.89. The van der Waals surface area contributed by atoms with Crippen LogP contribution in [0.15, 0.2) is 45.6 Å². The highest BCUT2D eigenvalue weighted by molar-refractivity contribution is 6.31. The number of hydrogen-bond acceptors (Lipinski definition) is 5. The molecule has 0 aliphatic heterocycles. The van der Waals surface area contributed by atoms with Gasteiger partial charge in [-0.2, -0.15) is 0 Å². The fourth-order valence-corrected chi connectivity index (χ4v) is 2.72. The van der Waals surface area contributed by atoms with Gasteiger partial charge >= 0.3 is 5.97 Å². The van der Waals surface area contributed by atoms with Crippen molar-refractivity contribution in [2.24, 2.45) is 0 Å². The summed E-state index contributed by atoms with van der Waals surface area (Å²) in [6.07, 6.45) is 0. The van der Waals surface area contributed by atoms with E-state index < -0.39 is 28.4 Å². The monoisotopic (exact) mass is 390 g/mol. The number of carbonyl (C=O) groups is 1. The van der Waals surface area contributed by atoms with Gasteiger partial charge in [-0.3, -0.25) is 4.79 Å². The van der Waals surface area contributed by atoms with E-state index in [1.54, 1.807) is 20.8 Å². The van der Waals surface area contributed by atoms with Crippen molar-refractivity contribution in [1.82, 2.24) is 0 Å². The number of phenolic OH excluding ortho intramolecular Hbond substituents is 1. The molecule has 140 valence electrons. The summed E-state index contributed by atoms with van der Waals surface area (Å²) in [6, 6.07) is 7.61. The maximum Gasteiger partial charge on any atom is 0.346 e. The van der Waals surface area contributed by atoms with Crippen molar-refractivity contribution in [3.8, 4) is 17.1 Å². The van der Waals surface area contributed by atoms with Crippen molar-refractivity contribution in [3.05, 3.63) is 63.0 Å². The molecule has 0 fully saturated rings. The molecule has 0 radical (unpaired) electrons. The zero-order valence-electron chi connectivity index (χ0n) is 14.8. The molecule has 0 amide bonds. The SMILES string of the molecule is CC(C)(C)OC(=O)c1c(-c2ccc(O)cc2F)oc2cc(Cl)ccc2c1=O. The molecule has 5 nitrogen and oxygen atoms in total. The minimum atomic E-state index is -0.935. The molecule has 1 aromatic heterocycles. The molecule has 1 N–H and O–H groups in total. The average molecular weight is 391 g/mol. The molecule has 2 aromatic carbocycles. The number of hydrogen-bond donors (Lipinski definition) is 1. The molecule has 27 heavy (non-hydrogen) atoms. The predicted molar refractivity (Wildman–Crippen MR) is 99.7 cm³/mol. The van der Waals surface area contributed by atoms with Gasteiger partial charge in [-0.25, -0.2) is 9.18 Å². The molecule has 0 aliphatic carbocycles. The highest BCUT2D eigenvalue weighted by atomic mass is 35.5. The molecule has 3 rings (SSSR count). The van der Waals surface area contributed by atoms with Gasteiger partial charge in [0.2, 0.25) is 5.43 Å². The van der Waals surface area contributed by atoms with Gasteiger partial charge in [0.1, 0.15) is 22.8 Å². The summed E-state index contributed by atoms with van der Waals surface area (Å²) in [6.45, 7) is 4.94. The molecular formula is C20H16ClFO5. The van der Waals surface area contributed by atoms with E-state index in [-0.39, 0.29) is 28.0 Å². The Morgan fingerprint density at radius 1 is 1.19 bits per heavy atom. The van der Waals surface area contributed by atoms with Crippen LogP contribution in [0, 0.1) is 5.82 Å². The number of fused-ring (bicyclic) bond motifs is 1. The Morgan fingerprint density at radius 2 is 1.89 bits per heavy atom. The van der Waals surface area contributed by atoms with Gasteiger partial charge in [0, 0.05) is 17.2 Å². The molecule has 0 saturated heterocycles. The molecule has 0 aliphatic rings. The lowest BCUT2D eigenvalue weighted by atomic mass is 10.0. The molecule has 3 aromatic rings. The standard InChI is InChI=1S/C20H16ClFO5/c1-20(2,3)27-19(25)16-17(24)13-6-4-10(21)8-15(13)26-18(16)12-7-5-11(23)9-14(12)22/h4-9,23H,1-3H3. The number of ether oxygens (including phenoxy) is 1. The molecule has 0 spiro atoms. The second-order valence-corrected chi connectivity index (χ2v) is 7.38. The Labute approximate surface area is 158 Å². The van der Waals surface area contributed by atoms with Gasteiger partial charge in [0.05, 0.1) is 10.9 Å². The first-order valence-corrected chi connectivity index (χ1v) is 8.43. The van der Waals surface area contributed by atoms with E-state index in [9.17, 15) is 19.1 Å². The maximum absolute atomic E-state index is 14.4. The van der Waals surface area contributed by atoms with Crippen molar-refractivity contribution in [2.45, 2.75) is 26.4 Å². The smallest absolute Gasteiger partial charge is 0.346 e. The fourth-order valence-electron chi connectivity index (χ4n) is 2.56. The lowest BCUT2D eigenvalue weighted by Gasteiger charge is -2.20. The lowest BCUT2D eigenvalue weighted by Crippen LogP contribution is -2.28. The fraction of sp³-hybridized carbons (Fsp3) is 0.200. The van der Waals surface area contributed by atoms with Crippen LogP contribution in [0.1, 0.15) is 31.1 Å². The van der Waals surface area contributed by atoms with Gasteiger partial charge in [-0.1, -0.05) is 11.6 Å². The summed E-state index contributed by atoms with van der Waals surface area (Å²) < 4.78 is 25.4. The third-order valence-electron chi connectivity index (χ3n) is 3.65. The Morgan fingerprint density at radius 3 is 2.52 bits per heavy atom. The molecule has 0 atom stereocenters. The molecule has 7 heteroatoms. The van der Waals surface area contributed by atoms with Gasteiger partial charge in [-0.05, 0) is 45.0 Å². The van der Waals surface area contributed by atoms with Crippen LogP contribution in [0.5, 0.6) is 5.75 Å². The van der Waals surface area contributed by atoms with Crippen LogP contribution in [-0.4, -0.2) is 16.7 Å². The molecule has 0 saturated carbocycles. The van der Waals surface area contributed by atoms with E-state index in [0.717, 1.165) is 6.07 Å². The van der Waals surface area contributed by atoms with Crippen molar-refractivity contribution >= 4 is 28.5 Å². The molecular weight excluding hydrogens is 375 g/mol. The number of halogens is 2. The highest BCUT2D eigenvalue weighted by Gasteiger charge is 2.28. The first kappa shape index (κ1) is 18.9. The highest BCUT2D eigenvalue weighted by Crippen LogP contribution is 2.31. The summed E-state index contributed by atoms with van der Waals surface area (Å²) in [5.41, 5.74) is -2.02. The predicted octanol–water partition coefficient (Wildman–Crippen LogP) is 4.91. The third kappa shape index (κ3) is 3.80. The normalized spacial score (nSPS) is 11.6. The first-order chi connectivity index (χ1) is 12.6. The van der Waals surface area contributed by atoms with E-state index in [2.05, 4.69) is 0 Å². The van der Waals surface area contributed by atoms with E-state index in [4.69, 9.17) is 20.8 Å². The van der Waals surface area contributed by atoms with Crippen molar-refractivity contribution in [1.29, 1.82) is 0 Å². The van der Waals surface area contributed by atoms with Crippen LogP contribution < -0.4 is 5.43 Å². The zero-order valence-corrected chi connectivity index (χ0v) is 15.6. The van der Waals surface area contributed by atoms with Crippen molar-refractivity contribution < 1.29 is 23.4 Å². The maximum atomic E-state index is 14.4. The van der Waals surface area contributed by atoms with E-state index in [0.29, 0.717) is 5.02 Å². The summed E-state index contributed by atoms with van der Waals surface area (Å²) in [5, 5.41) is 9.86. The van der Waals surface area contributed by atoms with Crippen LogP contribution in [-0.2, 0) is 4.74 Å². The van der Waals surface area contributed by atoms with Crippen molar-refractivity contribution in [3.63, 3.8) is 0 Å². The van der Waals surface area contributed by atoms with Crippen LogP contribution in [0.3, 0.4) is 0 Å². The minimum absolute atomic E-state index is 0.0993. The van der Waals surface area contributed by atoms with E-state index in [1.807, 2.05) is 0 Å². The van der Waals surface area contributed by atoms with Gasteiger partial charge < -0.3 is 14.3 Å². The number of benzene rings is 2. The number of aromatic hydroxyl groups is 1. The second kappa shape index (κ2) is 6.70.